The SMILES string of the molecule is C=CCn1cc(C)nc1Nc1ccc(C(F)(F)F)cc1. The summed E-state index contributed by atoms with van der Waals surface area (Å²) in [4.78, 5) is 4.28. The van der Waals surface area contributed by atoms with Crippen LogP contribution in [0.3, 0.4) is 0 Å². The van der Waals surface area contributed by atoms with E-state index in [-0.39, 0.29) is 0 Å². The number of allylic oxidation sites excluding steroid dienone is 1. The highest BCUT2D eigenvalue weighted by Crippen LogP contribution is 2.30. The van der Waals surface area contributed by atoms with E-state index in [2.05, 4.69) is 16.9 Å². The summed E-state index contributed by atoms with van der Waals surface area (Å²) >= 11 is 0. The zero-order valence-corrected chi connectivity index (χ0v) is 10.9. The fourth-order valence-corrected chi connectivity index (χ4v) is 1.80. The number of hydrogen-bond acceptors (Lipinski definition) is 2. The first-order valence-electron chi connectivity index (χ1n) is 5.99. The molecule has 0 amide bonds. The topological polar surface area (TPSA) is 29.9 Å². The second-order valence-corrected chi connectivity index (χ2v) is 4.35. The van der Waals surface area contributed by atoms with Gasteiger partial charge in [0.15, 0.2) is 0 Å². The lowest BCUT2D eigenvalue weighted by Crippen LogP contribution is -2.05. The molecule has 0 radical (unpaired) electrons. The number of aromatic nitrogens is 2. The van der Waals surface area contributed by atoms with Gasteiger partial charge in [-0.25, -0.2) is 4.98 Å². The Kier molecular flexibility index (Phi) is 3.83. The summed E-state index contributed by atoms with van der Waals surface area (Å²) in [6.45, 7) is 6.07. The Bertz CT molecular complexity index is 597. The molecule has 6 heteroatoms. The second kappa shape index (κ2) is 5.40. The fraction of sp³-hybridized carbons (Fsp3) is 0.214. The molecule has 1 aromatic heterocycles. The first-order chi connectivity index (χ1) is 9.40. The van der Waals surface area contributed by atoms with Gasteiger partial charge in [0.1, 0.15) is 0 Å². The van der Waals surface area contributed by atoms with Crippen molar-refractivity contribution in [2.24, 2.45) is 0 Å². The molecular formula is C14H14F3N3. The summed E-state index contributed by atoms with van der Waals surface area (Å²) in [6, 6.07) is 4.84. The van der Waals surface area contributed by atoms with E-state index in [9.17, 15) is 13.2 Å². The molecule has 2 rings (SSSR count). The summed E-state index contributed by atoms with van der Waals surface area (Å²) < 4.78 is 39.2. The Labute approximate surface area is 114 Å². The smallest absolute Gasteiger partial charge is 0.326 e. The van der Waals surface area contributed by atoms with Gasteiger partial charge in [-0.1, -0.05) is 6.08 Å². The van der Waals surface area contributed by atoms with Crippen molar-refractivity contribution in [2.75, 3.05) is 5.32 Å². The molecule has 3 nitrogen and oxygen atoms in total. The van der Waals surface area contributed by atoms with Crippen LogP contribution in [-0.4, -0.2) is 9.55 Å². The predicted molar refractivity (Wildman–Crippen MR) is 71.9 cm³/mol. The maximum absolute atomic E-state index is 12.5. The van der Waals surface area contributed by atoms with Crippen molar-refractivity contribution in [3.63, 3.8) is 0 Å². The minimum absolute atomic E-state index is 0.550. The van der Waals surface area contributed by atoms with Crippen LogP contribution in [0.4, 0.5) is 24.8 Å². The third kappa shape index (κ3) is 3.20. The van der Waals surface area contributed by atoms with Crippen molar-refractivity contribution >= 4 is 11.6 Å². The minimum Gasteiger partial charge on any atom is -0.326 e. The van der Waals surface area contributed by atoms with Crippen LogP contribution >= 0.6 is 0 Å². The average Bonchev–Trinajstić information content (AvgIpc) is 2.69. The highest BCUT2D eigenvalue weighted by molar-refractivity contribution is 5.54. The largest absolute Gasteiger partial charge is 0.416 e. The molecule has 0 saturated carbocycles. The number of imidazole rings is 1. The molecule has 106 valence electrons. The Morgan fingerprint density at radius 3 is 2.50 bits per heavy atom. The highest BCUT2D eigenvalue weighted by Gasteiger charge is 2.29. The maximum atomic E-state index is 12.5. The van der Waals surface area contributed by atoms with Crippen LogP contribution in [-0.2, 0) is 12.7 Å². The molecule has 0 unspecified atom stereocenters. The maximum Gasteiger partial charge on any atom is 0.416 e. The van der Waals surface area contributed by atoms with E-state index in [1.54, 1.807) is 6.08 Å². The summed E-state index contributed by atoms with van der Waals surface area (Å²) in [6.07, 6.45) is -0.760. The lowest BCUT2D eigenvalue weighted by Gasteiger charge is -2.10. The molecule has 0 atom stereocenters. The highest BCUT2D eigenvalue weighted by atomic mass is 19.4. The minimum atomic E-state index is -4.32. The van der Waals surface area contributed by atoms with Gasteiger partial charge in [0.25, 0.3) is 0 Å². The number of benzene rings is 1. The summed E-state index contributed by atoms with van der Waals surface area (Å²) in [5.74, 6) is 0.571. The molecule has 0 aliphatic carbocycles. The van der Waals surface area contributed by atoms with Gasteiger partial charge in [0, 0.05) is 18.4 Å². The van der Waals surface area contributed by atoms with Crippen LogP contribution in [0.25, 0.3) is 0 Å². The molecule has 1 heterocycles. The zero-order chi connectivity index (χ0) is 14.8. The van der Waals surface area contributed by atoms with E-state index in [0.29, 0.717) is 18.2 Å². The lowest BCUT2D eigenvalue weighted by molar-refractivity contribution is -0.137. The van der Waals surface area contributed by atoms with Gasteiger partial charge in [-0.05, 0) is 31.2 Å². The summed E-state index contributed by atoms with van der Waals surface area (Å²) in [5.41, 5.74) is 0.698. The predicted octanol–water partition coefficient (Wildman–Crippen LogP) is 4.14. The first kappa shape index (κ1) is 14.2. The monoisotopic (exact) mass is 281 g/mol. The van der Waals surface area contributed by atoms with E-state index in [1.165, 1.54) is 12.1 Å². The van der Waals surface area contributed by atoms with E-state index in [0.717, 1.165) is 17.8 Å². The van der Waals surface area contributed by atoms with Crippen molar-refractivity contribution in [1.29, 1.82) is 0 Å². The van der Waals surface area contributed by atoms with E-state index in [1.807, 2.05) is 17.7 Å². The molecular weight excluding hydrogens is 267 g/mol. The number of hydrogen-bond donors (Lipinski definition) is 1. The molecule has 0 aliphatic rings. The number of aryl methyl sites for hydroxylation is 1. The Hall–Kier alpha value is -2.24. The molecule has 0 saturated heterocycles. The number of rotatable bonds is 4. The quantitative estimate of drug-likeness (QED) is 0.854. The van der Waals surface area contributed by atoms with Gasteiger partial charge in [-0.2, -0.15) is 13.2 Å². The van der Waals surface area contributed by atoms with Crippen molar-refractivity contribution in [2.45, 2.75) is 19.6 Å². The van der Waals surface area contributed by atoms with E-state index in [4.69, 9.17) is 0 Å². The van der Waals surface area contributed by atoms with Gasteiger partial charge >= 0.3 is 6.18 Å². The molecule has 0 bridgehead atoms. The first-order valence-corrected chi connectivity index (χ1v) is 5.99. The standard InChI is InChI=1S/C14H14F3N3/c1-3-8-20-9-10(2)18-13(20)19-12-6-4-11(5-7-12)14(15,16)17/h3-7,9H,1,8H2,2H3,(H,18,19). The van der Waals surface area contributed by atoms with Crippen molar-refractivity contribution < 1.29 is 13.2 Å². The third-order valence-electron chi connectivity index (χ3n) is 2.69. The lowest BCUT2D eigenvalue weighted by atomic mass is 10.2. The molecule has 0 spiro atoms. The summed E-state index contributed by atoms with van der Waals surface area (Å²) in [5, 5.41) is 2.99. The number of alkyl halides is 3. The van der Waals surface area contributed by atoms with Crippen LogP contribution in [0.2, 0.25) is 0 Å². The molecule has 0 fully saturated rings. The van der Waals surface area contributed by atoms with Crippen LogP contribution in [0.1, 0.15) is 11.3 Å². The van der Waals surface area contributed by atoms with Crippen LogP contribution in [0.5, 0.6) is 0 Å². The number of nitrogens with zero attached hydrogens (tertiary/aromatic N) is 2. The number of halogens is 3. The number of nitrogens with one attached hydrogen (secondary N) is 1. The molecule has 20 heavy (non-hydrogen) atoms. The summed E-state index contributed by atoms with van der Waals surface area (Å²) in [7, 11) is 0. The van der Waals surface area contributed by atoms with Gasteiger partial charge < -0.3 is 9.88 Å². The molecule has 1 aromatic carbocycles. The van der Waals surface area contributed by atoms with Crippen molar-refractivity contribution in [1.82, 2.24) is 9.55 Å². The normalized spacial score (nSPS) is 11.4. The van der Waals surface area contributed by atoms with Gasteiger partial charge in [0.05, 0.1) is 11.3 Å². The second-order valence-electron chi connectivity index (χ2n) is 4.35. The molecule has 2 aromatic rings. The van der Waals surface area contributed by atoms with Crippen LogP contribution in [0, 0.1) is 6.92 Å². The fourth-order valence-electron chi connectivity index (χ4n) is 1.80. The van der Waals surface area contributed by atoms with E-state index >= 15 is 0 Å². The van der Waals surface area contributed by atoms with E-state index < -0.39 is 11.7 Å². The third-order valence-corrected chi connectivity index (χ3v) is 2.69. The molecule has 1 N–H and O–H groups in total. The van der Waals surface area contributed by atoms with Crippen molar-refractivity contribution in [3.8, 4) is 0 Å². The Morgan fingerprint density at radius 1 is 1.30 bits per heavy atom. The Balaban J connectivity index is 2.20. The van der Waals surface area contributed by atoms with Gasteiger partial charge in [0.2, 0.25) is 5.95 Å². The average molecular weight is 281 g/mol. The van der Waals surface area contributed by atoms with Crippen molar-refractivity contribution in [3.05, 3.63) is 54.4 Å². The van der Waals surface area contributed by atoms with Gasteiger partial charge in [-0.3, -0.25) is 0 Å². The van der Waals surface area contributed by atoms with Crippen LogP contribution in [0.15, 0.2) is 43.1 Å². The van der Waals surface area contributed by atoms with Crippen LogP contribution < -0.4 is 5.32 Å². The zero-order valence-electron chi connectivity index (χ0n) is 10.9. The Morgan fingerprint density at radius 2 is 1.95 bits per heavy atom. The number of anilines is 2. The molecule has 0 aliphatic heterocycles. The van der Waals surface area contributed by atoms with Gasteiger partial charge in [-0.15, -0.1) is 6.58 Å².